The predicted octanol–water partition coefficient (Wildman–Crippen LogP) is 2.14. The molecule has 17 heavy (non-hydrogen) atoms. The third kappa shape index (κ3) is 3.93. The van der Waals surface area contributed by atoms with E-state index in [0.717, 1.165) is 4.88 Å². The smallest absolute Gasteiger partial charge is 0.252 e. The van der Waals surface area contributed by atoms with Gasteiger partial charge in [-0.1, -0.05) is 0 Å². The fourth-order valence-corrected chi connectivity index (χ4v) is 4.00. The average molecular weight is 298 g/mol. The van der Waals surface area contributed by atoms with Crippen molar-refractivity contribution in [1.82, 2.24) is 4.31 Å². The van der Waals surface area contributed by atoms with Crippen LogP contribution in [-0.4, -0.2) is 39.5 Å². The molecule has 7 heteroatoms. The van der Waals surface area contributed by atoms with E-state index in [2.05, 4.69) is 0 Å². The Hall–Kier alpha value is -0.140. The standard InChI is InChI=1S/C10H16ClNO3S2/c1-3-15-7-6-12(2)17(13,14)10-5-4-9(8-11)16-10/h4-5H,3,6-8H2,1-2H3. The first-order chi connectivity index (χ1) is 8.02. The van der Waals surface area contributed by atoms with Crippen molar-refractivity contribution in [3.05, 3.63) is 17.0 Å². The Kier molecular flexibility index (Phi) is 5.88. The molecule has 0 unspecified atom stereocenters. The van der Waals surface area contributed by atoms with Gasteiger partial charge in [0, 0.05) is 25.1 Å². The van der Waals surface area contributed by atoms with Crippen molar-refractivity contribution < 1.29 is 13.2 Å². The van der Waals surface area contributed by atoms with E-state index in [9.17, 15) is 8.42 Å². The monoisotopic (exact) mass is 297 g/mol. The Labute approximate surface area is 111 Å². The number of sulfonamides is 1. The second-order valence-electron chi connectivity index (χ2n) is 3.38. The van der Waals surface area contributed by atoms with E-state index in [1.165, 1.54) is 15.6 Å². The molecule has 0 bridgehead atoms. The number of alkyl halides is 1. The van der Waals surface area contributed by atoms with Crippen molar-refractivity contribution in [2.24, 2.45) is 0 Å². The van der Waals surface area contributed by atoms with Crippen molar-refractivity contribution in [1.29, 1.82) is 0 Å². The van der Waals surface area contributed by atoms with Crippen LogP contribution >= 0.6 is 22.9 Å². The van der Waals surface area contributed by atoms with Gasteiger partial charge in [0.2, 0.25) is 0 Å². The molecule has 0 fully saturated rings. The molecule has 0 atom stereocenters. The zero-order valence-corrected chi connectivity index (χ0v) is 12.2. The van der Waals surface area contributed by atoms with Crippen LogP contribution in [0.15, 0.2) is 16.3 Å². The molecule has 0 aromatic carbocycles. The minimum Gasteiger partial charge on any atom is -0.380 e. The minimum atomic E-state index is -3.40. The lowest BCUT2D eigenvalue weighted by Gasteiger charge is -2.15. The molecule has 0 aliphatic carbocycles. The van der Waals surface area contributed by atoms with Crippen LogP contribution in [0.3, 0.4) is 0 Å². The summed E-state index contributed by atoms with van der Waals surface area (Å²) in [6, 6.07) is 3.33. The van der Waals surface area contributed by atoms with Crippen molar-refractivity contribution >= 4 is 33.0 Å². The number of ether oxygens (including phenoxy) is 1. The maximum Gasteiger partial charge on any atom is 0.252 e. The third-order valence-corrected chi connectivity index (χ3v) is 6.04. The fraction of sp³-hybridized carbons (Fsp3) is 0.600. The van der Waals surface area contributed by atoms with Gasteiger partial charge >= 0.3 is 0 Å². The zero-order valence-electron chi connectivity index (χ0n) is 9.85. The van der Waals surface area contributed by atoms with E-state index in [4.69, 9.17) is 16.3 Å². The minimum absolute atomic E-state index is 0.326. The molecule has 0 N–H and O–H groups in total. The van der Waals surface area contributed by atoms with Crippen LogP contribution in [0.5, 0.6) is 0 Å². The van der Waals surface area contributed by atoms with Crippen LogP contribution in [0.2, 0.25) is 0 Å². The normalized spacial score (nSPS) is 12.2. The van der Waals surface area contributed by atoms with Crippen LogP contribution in [0.4, 0.5) is 0 Å². The van der Waals surface area contributed by atoms with Gasteiger partial charge in [0.1, 0.15) is 4.21 Å². The van der Waals surface area contributed by atoms with Crippen molar-refractivity contribution in [2.75, 3.05) is 26.8 Å². The maximum absolute atomic E-state index is 12.1. The highest BCUT2D eigenvalue weighted by Gasteiger charge is 2.22. The number of rotatable bonds is 7. The first-order valence-corrected chi connectivity index (χ1v) is 8.00. The average Bonchev–Trinajstić information content (AvgIpc) is 2.78. The number of thiophene rings is 1. The maximum atomic E-state index is 12.1. The quantitative estimate of drug-likeness (QED) is 0.572. The summed E-state index contributed by atoms with van der Waals surface area (Å²) in [6.45, 7) is 3.22. The number of halogens is 1. The molecule has 98 valence electrons. The highest BCUT2D eigenvalue weighted by molar-refractivity contribution is 7.91. The van der Waals surface area contributed by atoms with Gasteiger partial charge in [-0.3, -0.25) is 0 Å². The Bertz CT molecular complexity index is 444. The van der Waals surface area contributed by atoms with Crippen LogP contribution in [0, 0.1) is 0 Å². The van der Waals surface area contributed by atoms with Gasteiger partial charge in [-0.05, 0) is 19.1 Å². The summed E-state index contributed by atoms with van der Waals surface area (Å²) in [4.78, 5) is 0.850. The van der Waals surface area contributed by atoms with Gasteiger partial charge in [0.05, 0.1) is 12.5 Å². The number of nitrogens with zero attached hydrogens (tertiary/aromatic N) is 1. The molecule has 0 aliphatic heterocycles. The SMILES string of the molecule is CCOCCN(C)S(=O)(=O)c1ccc(CCl)s1. The molecule has 4 nitrogen and oxygen atoms in total. The Morgan fingerprint density at radius 2 is 2.18 bits per heavy atom. The van der Waals surface area contributed by atoms with E-state index in [1.807, 2.05) is 6.92 Å². The number of hydrogen-bond acceptors (Lipinski definition) is 4. The molecule has 1 rings (SSSR count). The van der Waals surface area contributed by atoms with Crippen LogP contribution in [-0.2, 0) is 20.6 Å². The lowest BCUT2D eigenvalue weighted by Crippen LogP contribution is -2.29. The molecule has 0 saturated carbocycles. The van der Waals surface area contributed by atoms with Crippen LogP contribution in [0.1, 0.15) is 11.8 Å². The molecule has 0 radical (unpaired) electrons. The van der Waals surface area contributed by atoms with Crippen molar-refractivity contribution in [3.63, 3.8) is 0 Å². The Morgan fingerprint density at radius 1 is 1.47 bits per heavy atom. The summed E-state index contributed by atoms with van der Waals surface area (Å²) >= 11 is 6.86. The van der Waals surface area contributed by atoms with Crippen LogP contribution < -0.4 is 0 Å². The fourth-order valence-electron chi connectivity index (χ4n) is 1.18. The summed E-state index contributed by atoms with van der Waals surface area (Å²) in [5.74, 6) is 0.336. The second-order valence-corrected chi connectivity index (χ2v) is 7.09. The largest absolute Gasteiger partial charge is 0.380 e. The van der Waals surface area contributed by atoms with Crippen molar-refractivity contribution in [3.8, 4) is 0 Å². The number of likely N-dealkylation sites (N-methyl/N-ethyl adjacent to an activating group) is 1. The van der Waals surface area contributed by atoms with Gasteiger partial charge in [-0.25, -0.2) is 8.42 Å². The first kappa shape index (κ1) is 14.9. The van der Waals surface area contributed by atoms with Gasteiger partial charge in [0.25, 0.3) is 10.0 Å². The zero-order chi connectivity index (χ0) is 12.9. The van der Waals surface area contributed by atoms with Gasteiger partial charge in [-0.2, -0.15) is 4.31 Å². The molecule has 0 spiro atoms. The molecule has 1 aromatic heterocycles. The summed E-state index contributed by atoms with van der Waals surface area (Å²) in [5.41, 5.74) is 0. The molecular formula is C10H16ClNO3S2. The second kappa shape index (κ2) is 6.70. The highest BCUT2D eigenvalue weighted by atomic mass is 35.5. The Morgan fingerprint density at radius 3 is 2.71 bits per heavy atom. The molecule has 1 aromatic rings. The summed E-state index contributed by atoms with van der Waals surface area (Å²) in [6.07, 6.45) is 0. The topological polar surface area (TPSA) is 46.6 Å². The van der Waals surface area contributed by atoms with E-state index >= 15 is 0 Å². The number of hydrogen-bond donors (Lipinski definition) is 0. The van der Waals surface area contributed by atoms with Gasteiger partial charge in [0.15, 0.2) is 0 Å². The molecular weight excluding hydrogens is 282 g/mol. The highest BCUT2D eigenvalue weighted by Crippen LogP contribution is 2.25. The lowest BCUT2D eigenvalue weighted by atomic mass is 10.5. The van der Waals surface area contributed by atoms with Crippen LogP contribution in [0.25, 0.3) is 0 Å². The van der Waals surface area contributed by atoms with E-state index in [0.29, 0.717) is 29.8 Å². The molecule has 1 heterocycles. The third-order valence-electron chi connectivity index (χ3n) is 2.19. The van der Waals surface area contributed by atoms with E-state index in [1.54, 1.807) is 19.2 Å². The first-order valence-electron chi connectivity index (χ1n) is 5.21. The predicted molar refractivity (Wildman–Crippen MR) is 70.2 cm³/mol. The molecule has 0 saturated heterocycles. The lowest BCUT2D eigenvalue weighted by molar-refractivity contribution is 0.138. The van der Waals surface area contributed by atoms with E-state index in [-0.39, 0.29) is 0 Å². The summed E-state index contributed by atoms with van der Waals surface area (Å²) < 4.78 is 30.9. The van der Waals surface area contributed by atoms with Gasteiger partial charge in [-0.15, -0.1) is 22.9 Å². The van der Waals surface area contributed by atoms with Gasteiger partial charge < -0.3 is 4.74 Å². The molecule has 0 aliphatic rings. The Balaban J connectivity index is 2.73. The molecule has 0 amide bonds. The van der Waals surface area contributed by atoms with Crippen molar-refractivity contribution in [2.45, 2.75) is 17.0 Å². The summed E-state index contributed by atoms with van der Waals surface area (Å²) in [7, 11) is -1.85. The van der Waals surface area contributed by atoms with E-state index < -0.39 is 10.0 Å². The summed E-state index contributed by atoms with van der Waals surface area (Å²) in [5, 5.41) is 0.